The third-order valence-electron chi connectivity index (χ3n) is 7.80. The van der Waals surface area contributed by atoms with E-state index in [1.54, 1.807) is 13.8 Å². The minimum atomic E-state index is -2.67. The van der Waals surface area contributed by atoms with E-state index in [1.807, 2.05) is 6.92 Å². The maximum atomic E-state index is 13.8. The largest absolute Gasteiger partial charge is 0.508 e. The molecule has 1 saturated carbocycles. The minimum Gasteiger partial charge on any atom is -0.508 e. The van der Waals surface area contributed by atoms with Gasteiger partial charge < -0.3 is 30.9 Å². The fourth-order valence-corrected chi connectivity index (χ4v) is 6.06. The molecule has 1 fully saturated rings. The highest BCUT2D eigenvalue weighted by Gasteiger charge is 2.64. The number of aliphatic hydroxyl groups is 3. The summed E-state index contributed by atoms with van der Waals surface area (Å²) in [5, 5.41) is 44.2. The molecule has 3 aliphatic carbocycles. The quantitative estimate of drug-likeness (QED) is 0.216. The number of aromatic hydroxyl groups is 1. The number of rotatable bonds is 6. The number of fused-ring (bicyclic) bond motifs is 3. The number of hydrogen-bond acceptors (Lipinski definition) is 9. The number of hydrogen-bond donors (Lipinski definition) is 5. The van der Waals surface area contributed by atoms with Crippen LogP contribution >= 0.6 is 0 Å². The van der Waals surface area contributed by atoms with Crippen LogP contribution in [0.15, 0.2) is 29.0 Å². The van der Waals surface area contributed by atoms with Crippen LogP contribution in [-0.4, -0.2) is 56.1 Å². The number of nitrogens with two attached hydrogens (primary N) is 1. The van der Waals surface area contributed by atoms with Crippen molar-refractivity contribution in [2.75, 3.05) is 6.61 Å². The lowest BCUT2D eigenvalue weighted by Crippen LogP contribution is -2.62. The van der Waals surface area contributed by atoms with Gasteiger partial charge >= 0.3 is 5.97 Å². The van der Waals surface area contributed by atoms with Crippen LogP contribution in [0.2, 0.25) is 0 Å². The molecule has 10 heteroatoms. The van der Waals surface area contributed by atoms with Gasteiger partial charge in [0.1, 0.15) is 22.8 Å². The molecule has 4 rings (SSSR count). The van der Waals surface area contributed by atoms with Crippen LogP contribution in [0.5, 0.6) is 5.75 Å². The summed E-state index contributed by atoms with van der Waals surface area (Å²) in [5.74, 6) is -9.21. The van der Waals surface area contributed by atoms with Crippen molar-refractivity contribution >= 4 is 29.2 Å². The van der Waals surface area contributed by atoms with Gasteiger partial charge in [0.05, 0.1) is 17.7 Å². The van der Waals surface area contributed by atoms with Crippen molar-refractivity contribution in [1.82, 2.24) is 0 Å². The number of carbonyl (C=O) groups excluding carboxylic acids is 4. The number of ether oxygens (including phenoxy) is 1. The van der Waals surface area contributed by atoms with Crippen molar-refractivity contribution in [3.63, 3.8) is 0 Å². The normalized spacial score (nSPS) is 27.1. The van der Waals surface area contributed by atoms with E-state index in [1.165, 1.54) is 12.1 Å². The Morgan fingerprint density at radius 3 is 2.46 bits per heavy atom. The average molecular weight is 514 g/mol. The van der Waals surface area contributed by atoms with Crippen molar-refractivity contribution in [3.05, 3.63) is 45.7 Å². The SMILES string of the molecule is CCCCOC(=O)c1ccc(O)c2c1C[C@H]1C[C@H]3[C@H](C(C)C)C(=O)C(C(N)=O)=C(O)[C@@]3(O)C(=O)C1=C2O. The summed E-state index contributed by atoms with van der Waals surface area (Å²) in [5.41, 5.74) is 1.84. The van der Waals surface area contributed by atoms with Crippen molar-refractivity contribution in [2.45, 2.75) is 52.1 Å². The highest BCUT2D eigenvalue weighted by Crippen LogP contribution is 2.54. The first-order chi connectivity index (χ1) is 17.4. The van der Waals surface area contributed by atoms with Gasteiger partial charge in [0.15, 0.2) is 11.4 Å². The van der Waals surface area contributed by atoms with Crippen molar-refractivity contribution in [1.29, 1.82) is 0 Å². The molecule has 0 radical (unpaired) electrons. The zero-order valence-electron chi connectivity index (χ0n) is 20.9. The van der Waals surface area contributed by atoms with Crippen LogP contribution in [0.3, 0.4) is 0 Å². The topological polar surface area (TPSA) is 184 Å². The fourth-order valence-electron chi connectivity index (χ4n) is 6.06. The first-order valence-electron chi connectivity index (χ1n) is 12.4. The van der Waals surface area contributed by atoms with Crippen LogP contribution < -0.4 is 5.73 Å². The molecule has 1 aromatic rings. The van der Waals surface area contributed by atoms with E-state index < -0.39 is 69.8 Å². The zero-order valence-corrected chi connectivity index (χ0v) is 20.9. The predicted molar refractivity (Wildman–Crippen MR) is 130 cm³/mol. The van der Waals surface area contributed by atoms with Gasteiger partial charge in [-0.2, -0.15) is 0 Å². The lowest BCUT2D eigenvalue weighted by Gasteiger charge is -2.50. The van der Waals surface area contributed by atoms with Gasteiger partial charge in [0, 0.05) is 17.4 Å². The van der Waals surface area contributed by atoms with E-state index >= 15 is 0 Å². The molecule has 3 aliphatic rings. The average Bonchev–Trinajstić information content (AvgIpc) is 2.81. The molecule has 37 heavy (non-hydrogen) atoms. The Balaban J connectivity index is 1.90. The Morgan fingerprint density at radius 2 is 1.86 bits per heavy atom. The number of phenolic OH excluding ortho intramolecular Hbond substituents is 1. The molecular weight excluding hydrogens is 482 g/mol. The molecule has 1 amide bonds. The molecule has 0 aliphatic heterocycles. The second-order valence-corrected chi connectivity index (χ2v) is 10.3. The van der Waals surface area contributed by atoms with E-state index in [-0.39, 0.29) is 47.5 Å². The highest BCUT2D eigenvalue weighted by atomic mass is 16.5. The Kier molecular flexibility index (Phi) is 6.66. The molecule has 1 aromatic carbocycles. The molecular formula is C27H31NO9. The first kappa shape index (κ1) is 26.4. The van der Waals surface area contributed by atoms with E-state index in [9.17, 15) is 39.6 Å². The summed E-state index contributed by atoms with van der Waals surface area (Å²) >= 11 is 0. The summed E-state index contributed by atoms with van der Waals surface area (Å²) < 4.78 is 5.33. The second kappa shape index (κ2) is 9.33. The molecule has 0 saturated heterocycles. The number of Topliss-reactive ketones (excluding diaryl/α,β-unsaturated/α-hetero) is 2. The standard InChI is InChI=1S/C27H31NO9/c1-4-5-8-37-26(35)13-6-7-16(29)19-14(13)9-12-10-15-17(11(2)3)21(30)20(25(28)34)24(33)27(15,36)23(32)18(12)22(19)31/h6-7,11-12,15,17,29,31,33,36H,4-5,8-10H2,1-3H3,(H2,28,34)/t12-,15-,17-,27-/m0/s1. The lowest BCUT2D eigenvalue weighted by atomic mass is 9.54. The number of aliphatic hydroxyl groups excluding tert-OH is 2. The number of phenols is 1. The van der Waals surface area contributed by atoms with Crippen LogP contribution in [-0.2, 0) is 25.5 Å². The first-order valence-corrected chi connectivity index (χ1v) is 12.4. The van der Waals surface area contributed by atoms with Gasteiger partial charge in [-0.15, -0.1) is 0 Å². The Hall–Kier alpha value is -3.66. The van der Waals surface area contributed by atoms with Crippen LogP contribution in [0.4, 0.5) is 0 Å². The van der Waals surface area contributed by atoms with Crippen LogP contribution in [0, 0.1) is 23.7 Å². The summed E-state index contributed by atoms with van der Waals surface area (Å²) in [6, 6.07) is 2.59. The third kappa shape index (κ3) is 3.81. The van der Waals surface area contributed by atoms with Gasteiger partial charge in [-0.1, -0.05) is 27.2 Å². The third-order valence-corrected chi connectivity index (χ3v) is 7.80. The number of ketones is 2. The van der Waals surface area contributed by atoms with Crippen molar-refractivity contribution in [2.24, 2.45) is 29.4 Å². The van der Waals surface area contributed by atoms with Gasteiger partial charge in [0.2, 0.25) is 5.78 Å². The maximum Gasteiger partial charge on any atom is 0.338 e. The molecule has 0 heterocycles. The molecule has 0 bridgehead atoms. The summed E-state index contributed by atoms with van der Waals surface area (Å²) in [4.78, 5) is 51.8. The maximum absolute atomic E-state index is 13.8. The number of benzene rings is 1. The van der Waals surface area contributed by atoms with Crippen LogP contribution in [0.25, 0.3) is 5.76 Å². The van der Waals surface area contributed by atoms with E-state index in [4.69, 9.17) is 10.5 Å². The molecule has 0 unspecified atom stereocenters. The molecule has 10 nitrogen and oxygen atoms in total. The van der Waals surface area contributed by atoms with Gasteiger partial charge in [-0.05, 0) is 48.8 Å². The summed E-state index contributed by atoms with van der Waals surface area (Å²) in [6.07, 6.45) is 1.49. The smallest absolute Gasteiger partial charge is 0.338 e. The van der Waals surface area contributed by atoms with E-state index in [2.05, 4.69) is 0 Å². The lowest BCUT2D eigenvalue weighted by molar-refractivity contribution is -0.155. The van der Waals surface area contributed by atoms with E-state index in [0.29, 0.717) is 6.42 Å². The minimum absolute atomic E-state index is 0.0221. The molecule has 0 spiro atoms. The van der Waals surface area contributed by atoms with Gasteiger partial charge in [-0.3, -0.25) is 14.4 Å². The summed E-state index contributed by atoms with van der Waals surface area (Å²) in [6.45, 7) is 5.52. The van der Waals surface area contributed by atoms with Crippen molar-refractivity contribution in [3.8, 4) is 5.75 Å². The molecule has 6 N–H and O–H groups in total. The predicted octanol–water partition coefficient (Wildman–Crippen LogP) is 2.26. The van der Waals surface area contributed by atoms with E-state index in [0.717, 1.165) is 6.42 Å². The number of carbonyl (C=O) groups is 4. The number of primary amides is 1. The fraction of sp³-hybridized carbons (Fsp3) is 0.481. The zero-order chi connectivity index (χ0) is 27.4. The second-order valence-electron chi connectivity index (χ2n) is 10.3. The van der Waals surface area contributed by atoms with Crippen LogP contribution in [0.1, 0.15) is 61.5 Å². The van der Waals surface area contributed by atoms with Gasteiger partial charge in [0.25, 0.3) is 5.91 Å². The Morgan fingerprint density at radius 1 is 1.19 bits per heavy atom. The monoisotopic (exact) mass is 513 g/mol. The number of unbranched alkanes of at least 4 members (excludes halogenated alkanes) is 1. The Bertz CT molecular complexity index is 1270. The number of esters is 1. The molecule has 198 valence electrons. The van der Waals surface area contributed by atoms with Gasteiger partial charge in [-0.25, -0.2) is 4.79 Å². The molecule has 4 atom stereocenters. The molecule has 0 aromatic heterocycles. The van der Waals surface area contributed by atoms with Crippen molar-refractivity contribution < 1.29 is 44.3 Å². The highest BCUT2D eigenvalue weighted by molar-refractivity contribution is 6.23. The summed E-state index contributed by atoms with van der Waals surface area (Å²) in [7, 11) is 0. The Labute approximate surface area is 213 Å². The number of amides is 1.